The summed E-state index contributed by atoms with van der Waals surface area (Å²) < 4.78 is 13.2. The molecular formula is C16H23FN2O. The Bertz CT molecular complexity index is 469. The minimum atomic E-state index is -0.357. The number of nitrogens with one attached hydrogen (secondary N) is 1. The van der Waals surface area contributed by atoms with Crippen molar-refractivity contribution in [1.82, 2.24) is 5.32 Å². The zero-order valence-corrected chi connectivity index (χ0v) is 12.0. The second kappa shape index (κ2) is 6.35. The van der Waals surface area contributed by atoms with E-state index in [1.807, 2.05) is 13.0 Å². The second-order valence-corrected chi connectivity index (χ2v) is 5.94. The van der Waals surface area contributed by atoms with Crippen molar-refractivity contribution in [2.75, 3.05) is 0 Å². The van der Waals surface area contributed by atoms with E-state index in [4.69, 9.17) is 5.73 Å². The lowest BCUT2D eigenvalue weighted by Crippen LogP contribution is -2.46. The van der Waals surface area contributed by atoms with Crippen molar-refractivity contribution >= 4 is 5.91 Å². The number of rotatable bonds is 4. The van der Waals surface area contributed by atoms with E-state index in [1.54, 1.807) is 6.07 Å². The first-order valence-corrected chi connectivity index (χ1v) is 7.32. The number of carbonyl (C=O) groups is 1. The third-order valence-corrected chi connectivity index (χ3v) is 4.09. The van der Waals surface area contributed by atoms with Gasteiger partial charge in [0.15, 0.2) is 0 Å². The Hall–Kier alpha value is -1.42. The first-order valence-electron chi connectivity index (χ1n) is 7.32. The zero-order chi connectivity index (χ0) is 14.6. The molecule has 0 heterocycles. The number of amides is 1. The lowest BCUT2D eigenvalue weighted by atomic mass is 9.80. The van der Waals surface area contributed by atoms with Crippen molar-refractivity contribution in [1.29, 1.82) is 0 Å². The molecule has 1 saturated carbocycles. The summed E-state index contributed by atoms with van der Waals surface area (Å²) in [6.07, 6.45) is 5.59. The van der Waals surface area contributed by atoms with E-state index < -0.39 is 0 Å². The Morgan fingerprint density at radius 3 is 2.75 bits per heavy atom. The number of nitrogens with two attached hydrogens (primary N) is 1. The largest absolute Gasteiger partial charge is 0.350 e. The lowest BCUT2D eigenvalue weighted by molar-refractivity contribution is -0.123. The standard InChI is InChI=1S/C16H23FN2O/c1-12(13-6-5-7-14(17)10-13)19-15(20)11-16(18)8-3-2-4-9-16/h5-7,10,12H,2-4,8-9,11,18H2,1H3,(H,19,20). The van der Waals surface area contributed by atoms with Crippen LogP contribution in [-0.2, 0) is 4.79 Å². The van der Waals surface area contributed by atoms with Crippen molar-refractivity contribution in [3.63, 3.8) is 0 Å². The fourth-order valence-corrected chi connectivity index (χ4v) is 2.90. The van der Waals surface area contributed by atoms with Gasteiger partial charge in [0, 0.05) is 12.0 Å². The summed E-state index contributed by atoms with van der Waals surface area (Å²) in [5, 5.41) is 2.91. The lowest BCUT2D eigenvalue weighted by Gasteiger charge is -2.33. The van der Waals surface area contributed by atoms with Crippen molar-refractivity contribution in [2.24, 2.45) is 5.73 Å². The van der Waals surface area contributed by atoms with Gasteiger partial charge < -0.3 is 11.1 Å². The van der Waals surface area contributed by atoms with E-state index in [9.17, 15) is 9.18 Å². The van der Waals surface area contributed by atoms with Crippen LogP contribution in [0, 0.1) is 5.82 Å². The van der Waals surface area contributed by atoms with Gasteiger partial charge in [-0.2, -0.15) is 0 Å². The maximum atomic E-state index is 13.2. The normalized spacial score (nSPS) is 19.4. The molecule has 1 aromatic rings. The molecule has 1 fully saturated rings. The van der Waals surface area contributed by atoms with Gasteiger partial charge in [0.05, 0.1) is 6.04 Å². The molecule has 0 saturated heterocycles. The molecule has 3 N–H and O–H groups in total. The Kier molecular flexibility index (Phi) is 4.76. The first-order chi connectivity index (χ1) is 9.48. The summed E-state index contributed by atoms with van der Waals surface area (Å²) in [4.78, 5) is 12.1. The summed E-state index contributed by atoms with van der Waals surface area (Å²) in [6, 6.07) is 6.11. The van der Waals surface area contributed by atoms with Gasteiger partial charge in [-0.3, -0.25) is 4.79 Å². The zero-order valence-electron chi connectivity index (χ0n) is 12.0. The van der Waals surface area contributed by atoms with E-state index in [-0.39, 0.29) is 23.3 Å². The molecule has 1 unspecified atom stereocenters. The van der Waals surface area contributed by atoms with Crippen molar-refractivity contribution < 1.29 is 9.18 Å². The van der Waals surface area contributed by atoms with Crippen LogP contribution in [0.2, 0.25) is 0 Å². The van der Waals surface area contributed by atoms with E-state index in [0.717, 1.165) is 31.2 Å². The van der Waals surface area contributed by atoms with Crippen molar-refractivity contribution in [3.05, 3.63) is 35.6 Å². The van der Waals surface area contributed by atoms with Crippen LogP contribution in [0.15, 0.2) is 24.3 Å². The average Bonchev–Trinajstić information content (AvgIpc) is 2.38. The minimum Gasteiger partial charge on any atom is -0.350 e. The van der Waals surface area contributed by atoms with Crippen LogP contribution in [0.5, 0.6) is 0 Å². The summed E-state index contributed by atoms with van der Waals surface area (Å²) in [7, 11) is 0. The highest BCUT2D eigenvalue weighted by atomic mass is 19.1. The summed E-state index contributed by atoms with van der Waals surface area (Å²) in [6.45, 7) is 1.86. The van der Waals surface area contributed by atoms with Gasteiger partial charge in [-0.1, -0.05) is 31.4 Å². The van der Waals surface area contributed by atoms with Gasteiger partial charge in [0.2, 0.25) is 5.91 Å². The minimum absolute atomic E-state index is 0.0499. The predicted molar refractivity (Wildman–Crippen MR) is 77.6 cm³/mol. The fraction of sp³-hybridized carbons (Fsp3) is 0.562. The second-order valence-electron chi connectivity index (χ2n) is 5.94. The van der Waals surface area contributed by atoms with Crippen molar-refractivity contribution in [2.45, 2.75) is 57.0 Å². The molecule has 4 heteroatoms. The molecule has 0 aliphatic heterocycles. The molecule has 1 aromatic carbocycles. The highest BCUT2D eigenvalue weighted by Gasteiger charge is 2.30. The number of carbonyl (C=O) groups excluding carboxylic acids is 1. The maximum Gasteiger partial charge on any atom is 0.222 e. The van der Waals surface area contributed by atoms with Crippen molar-refractivity contribution in [3.8, 4) is 0 Å². The smallest absolute Gasteiger partial charge is 0.222 e. The number of hydrogen-bond acceptors (Lipinski definition) is 2. The quantitative estimate of drug-likeness (QED) is 0.889. The molecule has 2 rings (SSSR count). The SMILES string of the molecule is CC(NC(=O)CC1(N)CCCCC1)c1cccc(F)c1. The van der Waals surface area contributed by atoms with Crippen LogP contribution in [-0.4, -0.2) is 11.4 Å². The highest BCUT2D eigenvalue weighted by Crippen LogP contribution is 2.28. The molecule has 1 aliphatic rings. The first kappa shape index (κ1) is 15.0. The van der Waals surface area contributed by atoms with Gasteiger partial charge >= 0.3 is 0 Å². The van der Waals surface area contributed by atoms with Gasteiger partial charge in [-0.25, -0.2) is 4.39 Å². The predicted octanol–water partition coefficient (Wildman–Crippen LogP) is 3.05. The van der Waals surface area contributed by atoms with Crippen LogP contribution in [0.3, 0.4) is 0 Å². The van der Waals surface area contributed by atoms with Crippen LogP contribution in [0.25, 0.3) is 0 Å². The van der Waals surface area contributed by atoms with E-state index in [1.165, 1.54) is 18.6 Å². The number of benzene rings is 1. The molecule has 0 aromatic heterocycles. The van der Waals surface area contributed by atoms with Gasteiger partial charge in [-0.05, 0) is 37.5 Å². The average molecular weight is 278 g/mol. The summed E-state index contributed by atoms with van der Waals surface area (Å²) in [5.41, 5.74) is 6.69. The summed E-state index contributed by atoms with van der Waals surface area (Å²) >= 11 is 0. The summed E-state index contributed by atoms with van der Waals surface area (Å²) in [5.74, 6) is -0.336. The Morgan fingerprint density at radius 1 is 1.40 bits per heavy atom. The third-order valence-electron chi connectivity index (χ3n) is 4.09. The molecule has 3 nitrogen and oxygen atoms in total. The van der Waals surface area contributed by atoms with E-state index in [2.05, 4.69) is 5.32 Å². The topological polar surface area (TPSA) is 55.1 Å². The third kappa shape index (κ3) is 4.04. The van der Waals surface area contributed by atoms with E-state index in [0.29, 0.717) is 6.42 Å². The van der Waals surface area contributed by atoms with Crippen LogP contribution < -0.4 is 11.1 Å². The molecule has 1 atom stereocenters. The fourth-order valence-electron chi connectivity index (χ4n) is 2.90. The van der Waals surface area contributed by atoms with Gasteiger partial charge in [0.25, 0.3) is 0 Å². The molecule has 110 valence electrons. The van der Waals surface area contributed by atoms with Crippen LogP contribution in [0.4, 0.5) is 4.39 Å². The van der Waals surface area contributed by atoms with Crippen LogP contribution >= 0.6 is 0 Å². The molecular weight excluding hydrogens is 255 g/mol. The van der Waals surface area contributed by atoms with E-state index >= 15 is 0 Å². The molecule has 1 aliphatic carbocycles. The highest BCUT2D eigenvalue weighted by molar-refractivity contribution is 5.77. The number of halogens is 1. The Labute approximate surface area is 119 Å². The monoisotopic (exact) mass is 278 g/mol. The number of hydrogen-bond donors (Lipinski definition) is 2. The van der Waals surface area contributed by atoms with Crippen LogP contribution in [0.1, 0.15) is 57.1 Å². The molecule has 0 bridgehead atoms. The van der Waals surface area contributed by atoms with Gasteiger partial charge in [0.1, 0.15) is 5.82 Å². The Morgan fingerprint density at radius 2 is 2.10 bits per heavy atom. The molecule has 0 spiro atoms. The van der Waals surface area contributed by atoms with Gasteiger partial charge in [-0.15, -0.1) is 0 Å². The Balaban J connectivity index is 1.90. The molecule has 1 amide bonds. The maximum absolute atomic E-state index is 13.2. The molecule has 20 heavy (non-hydrogen) atoms. The molecule has 0 radical (unpaired) electrons.